The van der Waals surface area contributed by atoms with Gasteiger partial charge in [-0.3, -0.25) is 0 Å². The van der Waals surface area contributed by atoms with E-state index in [1.54, 1.807) is 6.07 Å². The average Bonchev–Trinajstić information content (AvgIpc) is 2.27. The van der Waals surface area contributed by atoms with Gasteiger partial charge in [-0.25, -0.2) is 4.79 Å². The van der Waals surface area contributed by atoms with E-state index in [2.05, 4.69) is 9.47 Å². The first-order chi connectivity index (χ1) is 8.49. The Kier molecular flexibility index (Phi) is 4.43. The lowest BCUT2D eigenvalue weighted by Gasteiger charge is -2.11. The van der Waals surface area contributed by atoms with Crippen LogP contribution in [0.5, 0.6) is 11.5 Å². The molecule has 0 saturated carbocycles. The summed E-state index contributed by atoms with van der Waals surface area (Å²) in [6.45, 7) is -1.66. The number of aromatic hydroxyl groups is 1. The van der Waals surface area contributed by atoms with E-state index in [9.17, 15) is 18.7 Å². The minimum absolute atomic E-state index is 0.00634. The number of halogens is 2. The summed E-state index contributed by atoms with van der Waals surface area (Å²) in [5.74, 6) is -2.25. The quantitative estimate of drug-likeness (QED) is 0.835. The Bertz CT molecular complexity index is 497. The van der Waals surface area contributed by atoms with Crippen molar-refractivity contribution in [2.75, 3.05) is 6.61 Å². The lowest BCUT2D eigenvalue weighted by molar-refractivity contribution is -0.0505. The van der Waals surface area contributed by atoms with Crippen LogP contribution in [0.25, 0.3) is 0 Å². The summed E-state index contributed by atoms with van der Waals surface area (Å²) in [5, 5.41) is 18.2. The van der Waals surface area contributed by atoms with Gasteiger partial charge in [0, 0.05) is 0 Å². The Balaban J connectivity index is 3.29. The van der Waals surface area contributed by atoms with Crippen LogP contribution in [-0.4, -0.2) is 24.3 Å². The van der Waals surface area contributed by atoms with Gasteiger partial charge in [-0.15, -0.1) is 0 Å². The fourth-order valence-electron chi connectivity index (χ4n) is 1.26. The van der Waals surface area contributed by atoms with Gasteiger partial charge < -0.3 is 14.6 Å². The molecule has 0 heterocycles. The normalized spacial score (nSPS) is 9.94. The van der Waals surface area contributed by atoms with Gasteiger partial charge in [0.05, 0.1) is 18.2 Å². The molecule has 0 aliphatic heterocycles. The van der Waals surface area contributed by atoms with E-state index < -0.39 is 29.6 Å². The Hall–Kier alpha value is -2.36. The van der Waals surface area contributed by atoms with Gasteiger partial charge in [-0.1, -0.05) is 0 Å². The maximum atomic E-state index is 12.2. The number of nitrogens with zero attached hydrogens (tertiary/aromatic N) is 1. The molecule has 96 valence electrons. The number of benzene rings is 1. The monoisotopic (exact) mass is 257 g/mol. The molecule has 0 bridgehead atoms. The van der Waals surface area contributed by atoms with Crippen LogP contribution in [0.1, 0.15) is 22.8 Å². The first-order valence-electron chi connectivity index (χ1n) is 4.88. The number of hydrogen-bond acceptors (Lipinski definition) is 5. The van der Waals surface area contributed by atoms with E-state index in [1.165, 1.54) is 6.92 Å². The van der Waals surface area contributed by atoms with Crippen molar-refractivity contribution in [2.24, 2.45) is 0 Å². The number of rotatable bonds is 4. The number of carbonyl (C=O) groups excluding carboxylic acids is 1. The molecule has 0 fully saturated rings. The predicted octanol–water partition coefficient (Wildman–Crippen LogP) is 2.04. The molecule has 1 rings (SSSR count). The van der Waals surface area contributed by atoms with Crippen molar-refractivity contribution >= 4 is 5.97 Å². The zero-order valence-corrected chi connectivity index (χ0v) is 9.31. The van der Waals surface area contributed by atoms with E-state index in [0.29, 0.717) is 0 Å². The minimum atomic E-state index is -3.19. The fraction of sp³-hybridized carbons (Fsp3) is 0.273. The van der Waals surface area contributed by atoms with Gasteiger partial charge in [0.1, 0.15) is 17.1 Å². The maximum absolute atomic E-state index is 12.2. The molecule has 1 aromatic rings. The van der Waals surface area contributed by atoms with Gasteiger partial charge in [0.15, 0.2) is 0 Å². The highest BCUT2D eigenvalue weighted by molar-refractivity contribution is 5.95. The van der Waals surface area contributed by atoms with Crippen LogP contribution in [0.3, 0.4) is 0 Å². The lowest BCUT2D eigenvalue weighted by atomic mass is 10.1. The van der Waals surface area contributed by atoms with Crippen molar-refractivity contribution in [3.05, 3.63) is 23.3 Å². The summed E-state index contributed by atoms with van der Waals surface area (Å²) < 4.78 is 33.0. The zero-order chi connectivity index (χ0) is 13.7. The number of esters is 1. The van der Waals surface area contributed by atoms with Crippen LogP contribution in [0.4, 0.5) is 8.78 Å². The molecular formula is C11H9F2NO4. The molecule has 0 spiro atoms. The Morgan fingerprint density at radius 3 is 2.72 bits per heavy atom. The van der Waals surface area contributed by atoms with Crippen molar-refractivity contribution in [3.8, 4) is 17.6 Å². The summed E-state index contributed by atoms with van der Waals surface area (Å²) in [6, 6.07) is 3.53. The molecule has 0 unspecified atom stereocenters. The van der Waals surface area contributed by atoms with E-state index in [1.807, 2.05) is 0 Å². The molecule has 7 heteroatoms. The molecule has 18 heavy (non-hydrogen) atoms. The molecule has 0 saturated heterocycles. The maximum Gasteiger partial charge on any atom is 0.387 e. The summed E-state index contributed by atoms with van der Waals surface area (Å²) in [5.41, 5.74) is -0.646. The number of alkyl halides is 2. The third-order valence-corrected chi connectivity index (χ3v) is 1.91. The largest absolute Gasteiger partial charge is 0.507 e. The fourth-order valence-corrected chi connectivity index (χ4v) is 1.26. The number of ether oxygens (including phenoxy) is 2. The van der Waals surface area contributed by atoms with Crippen molar-refractivity contribution in [2.45, 2.75) is 13.5 Å². The van der Waals surface area contributed by atoms with Crippen LogP contribution in [-0.2, 0) is 4.74 Å². The van der Waals surface area contributed by atoms with Crippen LogP contribution in [0.2, 0.25) is 0 Å². The van der Waals surface area contributed by atoms with Crippen LogP contribution in [0.15, 0.2) is 12.1 Å². The molecule has 0 aliphatic rings. The van der Waals surface area contributed by atoms with Gasteiger partial charge in [0.2, 0.25) is 0 Å². The molecule has 0 aliphatic carbocycles. The Labute approximate surface area is 101 Å². The summed E-state index contributed by atoms with van der Waals surface area (Å²) in [4.78, 5) is 11.5. The number of phenols is 1. The highest BCUT2D eigenvalue weighted by Gasteiger charge is 2.22. The third kappa shape index (κ3) is 3.07. The first-order valence-corrected chi connectivity index (χ1v) is 4.88. The van der Waals surface area contributed by atoms with E-state index in [0.717, 1.165) is 12.1 Å². The van der Waals surface area contributed by atoms with E-state index in [4.69, 9.17) is 5.26 Å². The second-order valence-corrected chi connectivity index (χ2v) is 3.08. The number of phenolic OH excluding ortho intramolecular Hbond substituents is 1. The van der Waals surface area contributed by atoms with Gasteiger partial charge in [0.25, 0.3) is 0 Å². The second kappa shape index (κ2) is 5.82. The Morgan fingerprint density at radius 1 is 1.56 bits per heavy atom. The first kappa shape index (κ1) is 13.7. The van der Waals surface area contributed by atoms with Gasteiger partial charge in [-0.05, 0) is 19.1 Å². The SMILES string of the molecule is CCOC(=O)c1c(O)cc(C#N)cc1OC(F)F. The number of hydrogen-bond donors (Lipinski definition) is 1. The molecule has 0 amide bonds. The van der Waals surface area contributed by atoms with Crippen molar-refractivity contribution in [3.63, 3.8) is 0 Å². The molecule has 1 aromatic carbocycles. The molecule has 0 atom stereocenters. The molecule has 1 N–H and O–H groups in total. The van der Waals surface area contributed by atoms with Crippen molar-refractivity contribution < 1.29 is 28.2 Å². The molecular weight excluding hydrogens is 248 g/mol. The summed E-state index contributed by atoms with van der Waals surface area (Å²) in [7, 11) is 0. The van der Waals surface area contributed by atoms with E-state index in [-0.39, 0.29) is 12.2 Å². The highest BCUT2D eigenvalue weighted by atomic mass is 19.3. The number of nitriles is 1. The smallest absolute Gasteiger partial charge is 0.387 e. The topological polar surface area (TPSA) is 79.5 Å². The standard InChI is InChI=1S/C11H9F2NO4/c1-2-17-10(16)9-7(15)3-6(5-14)4-8(9)18-11(12)13/h3-4,11,15H,2H2,1H3. The predicted molar refractivity (Wildman–Crippen MR) is 55.4 cm³/mol. The van der Waals surface area contributed by atoms with Crippen LogP contribution in [0, 0.1) is 11.3 Å². The molecule has 0 aromatic heterocycles. The molecule has 0 radical (unpaired) electrons. The highest BCUT2D eigenvalue weighted by Crippen LogP contribution is 2.31. The average molecular weight is 257 g/mol. The van der Waals surface area contributed by atoms with Gasteiger partial charge in [-0.2, -0.15) is 14.0 Å². The second-order valence-electron chi connectivity index (χ2n) is 3.08. The molecule has 5 nitrogen and oxygen atoms in total. The summed E-state index contributed by atoms with van der Waals surface area (Å²) in [6.07, 6.45) is 0. The summed E-state index contributed by atoms with van der Waals surface area (Å²) >= 11 is 0. The van der Waals surface area contributed by atoms with Crippen LogP contribution >= 0.6 is 0 Å². The third-order valence-electron chi connectivity index (χ3n) is 1.91. The number of carbonyl (C=O) groups is 1. The van der Waals surface area contributed by atoms with Gasteiger partial charge >= 0.3 is 12.6 Å². The lowest BCUT2D eigenvalue weighted by Crippen LogP contribution is -2.11. The Morgan fingerprint density at radius 2 is 2.22 bits per heavy atom. The van der Waals surface area contributed by atoms with E-state index >= 15 is 0 Å². The zero-order valence-electron chi connectivity index (χ0n) is 9.31. The van der Waals surface area contributed by atoms with Crippen LogP contribution < -0.4 is 4.74 Å². The van der Waals surface area contributed by atoms with Crippen molar-refractivity contribution in [1.29, 1.82) is 5.26 Å². The van der Waals surface area contributed by atoms with Crippen molar-refractivity contribution in [1.82, 2.24) is 0 Å². The minimum Gasteiger partial charge on any atom is -0.507 e.